The number of piperidine rings is 1. The van der Waals surface area contributed by atoms with E-state index in [1.165, 1.54) is 32.4 Å². The molecule has 130 valence electrons. The second kappa shape index (κ2) is 9.48. The molecule has 2 saturated heterocycles. The molecule has 2 aliphatic heterocycles. The first kappa shape index (κ1) is 20.2. The van der Waals surface area contributed by atoms with Crippen LogP contribution in [0.3, 0.4) is 0 Å². The first-order valence-corrected chi connectivity index (χ1v) is 8.09. The maximum atomic E-state index is 12.6. The van der Waals surface area contributed by atoms with E-state index in [1.54, 1.807) is 0 Å². The van der Waals surface area contributed by atoms with Gasteiger partial charge in [0.05, 0.1) is 0 Å². The van der Waals surface area contributed by atoms with Crippen molar-refractivity contribution in [3.63, 3.8) is 0 Å². The monoisotopic (exact) mass is 359 g/mol. The number of hydrogen-bond acceptors (Lipinski definition) is 3. The number of nitrogens with zero attached hydrogens (tertiary/aromatic N) is 2. The minimum atomic E-state index is -0.522. The highest BCUT2D eigenvalue weighted by molar-refractivity contribution is 5.85. The van der Waals surface area contributed by atoms with Gasteiger partial charge in [-0.25, -0.2) is 0 Å². The lowest BCUT2D eigenvalue weighted by Gasteiger charge is -2.32. The maximum absolute atomic E-state index is 12.6. The maximum Gasteiger partial charge on any atom is 0.244 e. The quantitative estimate of drug-likeness (QED) is 0.902. The van der Waals surface area contributed by atoms with Gasteiger partial charge in [-0.05, 0) is 37.9 Å². The van der Waals surface area contributed by atoms with E-state index in [-0.39, 0.29) is 30.7 Å². The highest BCUT2D eigenvalue weighted by Gasteiger charge is 2.33. The Morgan fingerprint density at radius 1 is 1.04 bits per heavy atom. The number of halogens is 2. The number of amides is 1. The Bertz CT molecular complexity index is 480. The van der Waals surface area contributed by atoms with Gasteiger partial charge in [0.1, 0.15) is 6.04 Å². The number of likely N-dealkylation sites (tertiary alicyclic amines) is 2. The lowest BCUT2D eigenvalue weighted by atomic mass is 10.1. The third-order valence-electron chi connectivity index (χ3n) is 4.81. The molecule has 23 heavy (non-hydrogen) atoms. The smallest absolute Gasteiger partial charge is 0.244 e. The molecule has 2 aliphatic rings. The topological polar surface area (TPSA) is 49.6 Å². The molecule has 2 atom stereocenters. The van der Waals surface area contributed by atoms with Crippen molar-refractivity contribution in [2.75, 3.05) is 26.2 Å². The Hall–Kier alpha value is -0.810. The van der Waals surface area contributed by atoms with E-state index in [9.17, 15) is 4.79 Å². The summed E-state index contributed by atoms with van der Waals surface area (Å²) in [6.07, 6.45) is 5.04. The summed E-state index contributed by atoms with van der Waals surface area (Å²) >= 11 is 0. The molecule has 0 bridgehead atoms. The third kappa shape index (κ3) is 4.83. The average Bonchev–Trinajstić information content (AvgIpc) is 3.05. The van der Waals surface area contributed by atoms with Crippen LogP contribution in [0, 0.1) is 0 Å². The van der Waals surface area contributed by atoms with Crippen LogP contribution >= 0.6 is 24.8 Å². The zero-order valence-corrected chi connectivity index (χ0v) is 15.0. The molecule has 1 aromatic carbocycles. The Balaban J connectivity index is 0.00000132. The third-order valence-corrected chi connectivity index (χ3v) is 4.81. The van der Waals surface area contributed by atoms with Gasteiger partial charge >= 0.3 is 0 Å². The van der Waals surface area contributed by atoms with Gasteiger partial charge in [0.2, 0.25) is 5.91 Å². The van der Waals surface area contributed by atoms with E-state index in [4.69, 9.17) is 5.73 Å². The fraction of sp³-hybridized carbons (Fsp3) is 0.588. The van der Waals surface area contributed by atoms with Gasteiger partial charge in [-0.2, -0.15) is 0 Å². The summed E-state index contributed by atoms with van der Waals surface area (Å²) in [7, 11) is 0. The second-order valence-electron chi connectivity index (χ2n) is 6.21. The van der Waals surface area contributed by atoms with E-state index in [2.05, 4.69) is 4.90 Å². The van der Waals surface area contributed by atoms with Gasteiger partial charge in [0.15, 0.2) is 0 Å². The van der Waals surface area contributed by atoms with Crippen LogP contribution in [0.15, 0.2) is 30.3 Å². The summed E-state index contributed by atoms with van der Waals surface area (Å²) in [4.78, 5) is 17.1. The van der Waals surface area contributed by atoms with Crippen LogP contribution in [0.2, 0.25) is 0 Å². The van der Waals surface area contributed by atoms with Crippen LogP contribution < -0.4 is 5.73 Å². The lowest BCUT2D eigenvalue weighted by Crippen LogP contribution is -2.43. The molecule has 3 rings (SSSR count). The van der Waals surface area contributed by atoms with Gasteiger partial charge in [-0.15, -0.1) is 24.8 Å². The second-order valence-corrected chi connectivity index (χ2v) is 6.21. The van der Waals surface area contributed by atoms with E-state index >= 15 is 0 Å². The van der Waals surface area contributed by atoms with E-state index in [0.717, 1.165) is 25.1 Å². The number of rotatable bonds is 3. The zero-order valence-electron chi connectivity index (χ0n) is 13.4. The number of nitrogens with two attached hydrogens (primary N) is 1. The van der Waals surface area contributed by atoms with Crippen molar-refractivity contribution in [2.45, 2.75) is 37.8 Å². The van der Waals surface area contributed by atoms with E-state index < -0.39 is 6.04 Å². The largest absolute Gasteiger partial charge is 0.339 e. The van der Waals surface area contributed by atoms with E-state index in [0.29, 0.717) is 6.04 Å². The number of hydrogen-bond donors (Lipinski definition) is 1. The molecule has 0 radical (unpaired) electrons. The number of carbonyl (C=O) groups is 1. The fourth-order valence-corrected chi connectivity index (χ4v) is 3.52. The molecule has 0 saturated carbocycles. The minimum absolute atomic E-state index is 0. The summed E-state index contributed by atoms with van der Waals surface area (Å²) in [6.45, 7) is 4.08. The summed E-state index contributed by atoms with van der Waals surface area (Å²) in [5.41, 5.74) is 7.04. The van der Waals surface area contributed by atoms with Crippen LogP contribution in [0.5, 0.6) is 0 Å². The van der Waals surface area contributed by atoms with Crippen LogP contribution in [0.4, 0.5) is 0 Å². The molecule has 2 unspecified atom stereocenters. The van der Waals surface area contributed by atoms with Crippen LogP contribution in [-0.4, -0.2) is 47.9 Å². The Kier molecular flexibility index (Phi) is 8.34. The summed E-state index contributed by atoms with van der Waals surface area (Å²) in [5.74, 6) is 0.0701. The molecule has 2 fully saturated rings. The first-order valence-electron chi connectivity index (χ1n) is 8.09. The van der Waals surface area contributed by atoms with Gasteiger partial charge in [0.25, 0.3) is 0 Å². The zero-order chi connectivity index (χ0) is 14.7. The van der Waals surface area contributed by atoms with E-state index in [1.807, 2.05) is 35.2 Å². The molecule has 0 aromatic heterocycles. The highest BCUT2D eigenvalue weighted by Crippen LogP contribution is 2.22. The predicted octanol–water partition coefficient (Wildman–Crippen LogP) is 2.62. The Labute approximate surface area is 151 Å². The highest BCUT2D eigenvalue weighted by atomic mass is 35.5. The van der Waals surface area contributed by atoms with Crippen molar-refractivity contribution < 1.29 is 4.79 Å². The molecular weight excluding hydrogens is 333 g/mol. The minimum Gasteiger partial charge on any atom is -0.339 e. The normalized spacial score (nSPS) is 22.8. The Morgan fingerprint density at radius 2 is 1.70 bits per heavy atom. The molecule has 0 aliphatic carbocycles. The van der Waals surface area contributed by atoms with Gasteiger partial charge in [-0.3, -0.25) is 9.69 Å². The van der Waals surface area contributed by atoms with Crippen molar-refractivity contribution >= 4 is 30.7 Å². The van der Waals surface area contributed by atoms with Crippen molar-refractivity contribution in [1.82, 2.24) is 9.80 Å². The average molecular weight is 360 g/mol. The SMILES string of the molecule is Cl.Cl.NC(C(=O)N1CCC(N2CCCCC2)C1)c1ccccc1. The van der Waals surface area contributed by atoms with Crippen LogP contribution in [0.25, 0.3) is 0 Å². The molecule has 0 spiro atoms. The first-order chi connectivity index (χ1) is 10.3. The van der Waals surface area contributed by atoms with Crippen molar-refractivity contribution in [3.05, 3.63) is 35.9 Å². The molecule has 2 N–H and O–H groups in total. The predicted molar refractivity (Wildman–Crippen MR) is 98.3 cm³/mol. The molecule has 6 heteroatoms. The van der Waals surface area contributed by atoms with Crippen molar-refractivity contribution in [1.29, 1.82) is 0 Å². The van der Waals surface area contributed by atoms with Gasteiger partial charge < -0.3 is 10.6 Å². The number of carbonyl (C=O) groups excluding carboxylic acids is 1. The van der Waals surface area contributed by atoms with Crippen molar-refractivity contribution in [2.24, 2.45) is 5.73 Å². The fourth-order valence-electron chi connectivity index (χ4n) is 3.52. The van der Waals surface area contributed by atoms with Gasteiger partial charge in [0, 0.05) is 19.1 Å². The summed E-state index contributed by atoms with van der Waals surface area (Å²) < 4.78 is 0. The van der Waals surface area contributed by atoms with Crippen molar-refractivity contribution in [3.8, 4) is 0 Å². The Morgan fingerprint density at radius 3 is 2.35 bits per heavy atom. The molecule has 1 aromatic rings. The molecular formula is C17H27Cl2N3O. The molecule has 2 heterocycles. The summed E-state index contributed by atoms with van der Waals surface area (Å²) in [5, 5.41) is 0. The number of benzene rings is 1. The summed E-state index contributed by atoms with van der Waals surface area (Å²) in [6, 6.07) is 9.69. The molecule has 4 nitrogen and oxygen atoms in total. The lowest BCUT2D eigenvalue weighted by molar-refractivity contribution is -0.131. The van der Waals surface area contributed by atoms with Crippen LogP contribution in [-0.2, 0) is 4.79 Å². The van der Waals surface area contributed by atoms with Crippen LogP contribution in [0.1, 0.15) is 37.3 Å². The standard InChI is InChI=1S/C17H25N3O.2ClH/c18-16(14-7-3-1-4-8-14)17(21)20-12-9-15(13-20)19-10-5-2-6-11-19;;/h1,3-4,7-8,15-16H,2,5-6,9-13,18H2;2*1H. The molecule has 1 amide bonds. The van der Waals surface area contributed by atoms with Gasteiger partial charge in [-0.1, -0.05) is 36.8 Å².